The Balaban J connectivity index is 2.25. The van der Waals surface area contributed by atoms with Gasteiger partial charge in [-0.15, -0.1) is 11.3 Å². The topological polar surface area (TPSA) is 12.0 Å². The molecule has 1 atom stereocenters. The standard InChI is InChI=1S/C15H16F3NS/c1-2-5-19-14(9-11-4-3-6-20-11)10-7-12(16)15(18)13(17)8-10/h3-4,6-8,14,19H,2,5,9H2,1H3. The smallest absolute Gasteiger partial charge is 0.194 e. The third-order valence-electron chi connectivity index (χ3n) is 3.03. The van der Waals surface area contributed by atoms with Crippen LogP contribution in [-0.2, 0) is 6.42 Å². The first-order valence-electron chi connectivity index (χ1n) is 6.52. The highest BCUT2D eigenvalue weighted by molar-refractivity contribution is 7.09. The van der Waals surface area contributed by atoms with Crippen molar-refractivity contribution in [2.75, 3.05) is 6.54 Å². The van der Waals surface area contributed by atoms with Crippen LogP contribution in [0.15, 0.2) is 29.6 Å². The fourth-order valence-corrected chi connectivity index (χ4v) is 2.78. The summed E-state index contributed by atoms with van der Waals surface area (Å²) in [5.41, 5.74) is 0.434. The van der Waals surface area contributed by atoms with E-state index in [1.165, 1.54) is 0 Å². The van der Waals surface area contributed by atoms with Crippen LogP contribution in [0.1, 0.15) is 29.8 Å². The van der Waals surface area contributed by atoms with Crippen molar-refractivity contribution in [2.45, 2.75) is 25.8 Å². The molecule has 108 valence electrons. The Morgan fingerprint density at radius 2 is 1.90 bits per heavy atom. The molecule has 1 aromatic carbocycles. The van der Waals surface area contributed by atoms with E-state index in [0.717, 1.165) is 30.0 Å². The highest BCUT2D eigenvalue weighted by Crippen LogP contribution is 2.24. The third kappa shape index (κ3) is 3.61. The van der Waals surface area contributed by atoms with Crippen LogP contribution in [0, 0.1) is 17.5 Å². The van der Waals surface area contributed by atoms with E-state index < -0.39 is 17.5 Å². The van der Waals surface area contributed by atoms with Crippen LogP contribution in [0.5, 0.6) is 0 Å². The maximum Gasteiger partial charge on any atom is 0.194 e. The van der Waals surface area contributed by atoms with Gasteiger partial charge in [0.05, 0.1) is 0 Å². The largest absolute Gasteiger partial charge is 0.310 e. The molecule has 2 rings (SSSR count). The molecule has 0 aliphatic rings. The molecule has 5 heteroatoms. The molecule has 0 aliphatic carbocycles. The van der Waals surface area contributed by atoms with E-state index in [1.807, 2.05) is 24.4 Å². The minimum Gasteiger partial charge on any atom is -0.310 e. The van der Waals surface area contributed by atoms with Gasteiger partial charge in [-0.3, -0.25) is 0 Å². The summed E-state index contributed by atoms with van der Waals surface area (Å²) in [5.74, 6) is -3.71. The SMILES string of the molecule is CCCNC(Cc1cccs1)c1cc(F)c(F)c(F)c1. The average Bonchev–Trinajstić information content (AvgIpc) is 2.93. The molecule has 0 aliphatic heterocycles. The van der Waals surface area contributed by atoms with Crippen LogP contribution < -0.4 is 5.32 Å². The van der Waals surface area contributed by atoms with Gasteiger partial charge in [-0.1, -0.05) is 13.0 Å². The number of hydrogen-bond acceptors (Lipinski definition) is 2. The summed E-state index contributed by atoms with van der Waals surface area (Å²) in [6.07, 6.45) is 1.54. The van der Waals surface area contributed by atoms with Crippen molar-refractivity contribution in [3.8, 4) is 0 Å². The van der Waals surface area contributed by atoms with Crippen molar-refractivity contribution in [2.24, 2.45) is 0 Å². The van der Waals surface area contributed by atoms with E-state index >= 15 is 0 Å². The number of rotatable bonds is 6. The van der Waals surface area contributed by atoms with Crippen molar-refractivity contribution in [1.82, 2.24) is 5.32 Å². The summed E-state index contributed by atoms with van der Waals surface area (Å²) in [6, 6.07) is 5.82. The van der Waals surface area contributed by atoms with E-state index in [9.17, 15) is 13.2 Å². The molecule has 0 amide bonds. The predicted octanol–water partition coefficient (Wildman–Crippen LogP) is 4.45. The first-order chi connectivity index (χ1) is 9.61. The van der Waals surface area contributed by atoms with Gasteiger partial charge < -0.3 is 5.32 Å². The zero-order valence-corrected chi connectivity index (χ0v) is 11.9. The van der Waals surface area contributed by atoms with Crippen LogP contribution >= 0.6 is 11.3 Å². The second-order valence-electron chi connectivity index (χ2n) is 4.59. The van der Waals surface area contributed by atoms with E-state index in [2.05, 4.69) is 5.32 Å². The average molecular weight is 299 g/mol. The van der Waals surface area contributed by atoms with Gasteiger partial charge in [0, 0.05) is 17.3 Å². The van der Waals surface area contributed by atoms with Gasteiger partial charge >= 0.3 is 0 Å². The van der Waals surface area contributed by atoms with Gasteiger partial charge in [0.15, 0.2) is 17.5 Å². The number of benzene rings is 1. The molecule has 20 heavy (non-hydrogen) atoms. The summed E-state index contributed by atoms with van der Waals surface area (Å²) in [4.78, 5) is 1.11. The molecule has 1 nitrogen and oxygen atoms in total. The summed E-state index contributed by atoms with van der Waals surface area (Å²) >= 11 is 1.59. The lowest BCUT2D eigenvalue weighted by Gasteiger charge is -2.19. The molecule has 1 heterocycles. The highest BCUT2D eigenvalue weighted by atomic mass is 32.1. The summed E-state index contributed by atoms with van der Waals surface area (Å²) in [6.45, 7) is 2.75. The summed E-state index contributed by atoms with van der Waals surface area (Å²) < 4.78 is 39.8. The molecule has 1 aromatic heterocycles. The van der Waals surface area contributed by atoms with Crippen molar-refractivity contribution < 1.29 is 13.2 Å². The van der Waals surface area contributed by atoms with Crippen LogP contribution in [0.4, 0.5) is 13.2 Å². The fourth-order valence-electron chi connectivity index (χ4n) is 2.03. The van der Waals surface area contributed by atoms with E-state index in [1.54, 1.807) is 11.3 Å². The van der Waals surface area contributed by atoms with Gasteiger partial charge in [-0.2, -0.15) is 0 Å². The Bertz CT molecular complexity index is 531. The maximum absolute atomic E-state index is 13.4. The van der Waals surface area contributed by atoms with E-state index in [4.69, 9.17) is 0 Å². The molecule has 0 saturated carbocycles. The molecule has 0 spiro atoms. The van der Waals surface area contributed by atoms with Crippen LogP contribution in [0.2, 0.25) is 0 Å². The second-order valence-corrected chi connectivity index (χ2v) is 5.62. The lowest BCUT2D eigenvalue weighted by molar-refractivity contribution is 0.438. The van der Waals surface area contributed by atoms with Crippen LogP contribution in [0.25, 0.3) is 0 Å². The van der Waals surface area contributed by atoms with Gasteiger partial charge in [0.2, 0.25) is 0 Å². The lowest BCUT2D eigenvalue weighted by atomic mass is 10.0. The Labute approximate surface area is 120 Å². The Morgan fingerprint density at radius 3 is 2.45 bits per heavy atom. The highest BCUT2D eigenvalue weighted by Gasteiger charge is 2.17. The molecule has 1 unspecified atom stereocenters. The molecular weight excluding hydrogens is 283 g/mol. The molecule has 2 aromatic rings. The molecule has 0 bridgehead atoms. The number of halogens is 3. The molecular formula is C15H16F3NS. The lowest BCUT2D eigenvalue weighted by Crippen LogP contribution is -2.24. The van der Waals surface area contributed by atoms with Gasteiger partial charge in [-0.25, -0.2) is 13.2 Å². The van der Waals surface area contributed by atoms with Crippen molar-refractivity contribution in [3.63, 3.8) is 0 Å². The monoisotopic (exact) mass is 299 g/mol. The minimum atomic E-state index is -1.42. The summed E-state index contributed by atoms with van der Waals surface area (Å²) in [5, 5.41) is 5.21. The number of nitrogens with one attached hydrogen (secondary N) is 1. The first-order valence-corrected chi connectivity index (χ1v) is 7.40. The van der Waals surface area contributed by atoms with Crippen molar-refractivity contribution in [3.05, 3.63) is 57.5 Å². The van der Waals surface area contributed by atoms with Gasteiger partial charge in [0.25, 0.3) is 0 Å². The zero-order valence-electron chi connectivity index (χ0n) is 11.1. The summed E-state index contributed by atoms with van der Waals surface area (Å²) in [7, 11) is 0. The molecule has 0 fully saturated rings. The van der Waals surface area contributed by atoms with Crippen molar-refractivity contribution >= 4 is 11.3 Å². The van der Waals surface area contributed by atoms with E-state index in [-0.39, 0.29) is 6.04 Å². The Morgan fingerprint density at radius 1 is 1.20 bits per heavy atom. The second kappa shape index (κ2) is 6.90. The number of hydrogen-bond donors (Lipinski definition) is 1. The molecule has 1 N–H and O–H groups in total. The zero-order chi connectivity index (χ0) is 14.5. The molecule has 0 saturated heterocycles. The third-order valence-corrected chi connectivity index (χ3v) is 3.93. The minimum absolute atomic E-state index is 0.224. The number of thiophene rings is 1. The van der Waals surface area contributed by atoms with Crippen molar-refractivity contribution in [1.29, 1.82) is 0 Å². The predicted molar refractivity (Wildman–Crippen MR) is 75.4 cm³/mol. The van der Waals surface area contributed by atoms with E-state index in [0.29, 0.717) is 12.0 Å². The Hall–Kier alpha value is -1.33. The molecule has 0 radical (unpaired) electrons. The quantitative estimate of drug-likeness (QED) is 0.777. The first kappa shape index (κ1) is 15.1. The Kier molecular flexibility index (Phi) is 5.20. The van der Waals surface area contributed by atoms with Crippen LogP contribution in [0.3, 0.4) is 0 Å². The maximum atomic E-state index is 13.4. The van der Waals surface area contributed by atoms with Crippen LogP contribution in [-0.4, -0.2) is 6.54 Å². The van der Waals surface area contributed by atoms with Gasteiger partial charge in [0.1, 0.15) is 0 Å². The normalized spacial score (nSPS) is 12.6. The van der Waals surface area contributed by atoms with Gasteiger partial charge in [-0.05, 0) is 42.1 Å². The fraction of sp³-hybridized carbons (Fsp3) is 0.333.